The Kier molecular flexibility index (Phi) is 4.84. The van der Waals surface area contributed by atoms with Gasteiger partial charge in [-0.3, -0.25) is 0 Å². The van der Waals surface area contributed by atoms with Crippen molar-refractivity contribution < 1.29 is 4.74 Å². The molecule has 2 aromatic rings. The molecular weight excluding hydrogens is 274 g/mol. The zero-order valence-corrected chi connectivity index (χ0v) is 13.0. The molecule has 0 spiro atoms. The fraction of sp³-hybridized carbons (Fsp3) is 0.462. The second-order valence-corrected chi connectivity index (χ2v) is 5.05. The minimum absolute atomic E-state index is 0.619. The molecule has 0 aliphatic rings. The lowest BCUT2D eigenvalue weighted by atomic mass is 10.2. The molecule has 108 valence electrons. The van der Waals surface area contributed by atoms with Gasteiger partial charge < -0.3 is 10.1 Å². The fourth-order valence-corrected chi connectivity index (χ4v) is 2.35. The summed E-state index contributed by atoms with van der Waals surface area (Å²) in [5.74, 6) is 1.53. The van der Waals surface area contributed by atoms with Gasteiger partial charge in [0.05, 0.1) is 18.4 Å². The molecule has 0 saturated carbocycles. The third-order valence-electron chi connectivity index (χ3n) is 2.99. The van der Waals surface area contributed by atoms with Gasteiger partial charge >= 0.3 is 0 Å². The van der Waals surface area contributed by atoms with E-state index in [0.29, 0.717) is 6.54 Å². The van der Waals surface area contributed by atoms with Crippen LogP contribution in [0.1, 0.15) is 18.2 Å². The number of aryl methyl sites for hydroxylation is 2. The lowest BCUT2D eigenvalue weighted by Crippen LogP contribution is -2.05. The fourth-order valence-electron chi connectivity index (χ4n) is 2.02. The van der Waals surface area contributed by atoms with E-state index in [4.69, 9.17) is 4.74 Å². The van der Waals surface area contributed by atoms with Gasteiger partial charge in [0, 0.05) is 13.6 Å². The first-order valence-corrected chi connectivity index (χ1v) is 7.62. The SMILES string of the molecule is CCc1nn(C)c(OC)c1CNc1ccc(SC)nn1. The number of nitrogens with zero attached hydrogens (tertiary/aromatic N) is 4. The molecule has 0 amide bonds. The monoisotopic (exact) mass is 293 g/mol. The summed E-state index contributed by atoms with van der Waals surface area (Å²) < 4.78 is 7.17. The van der Waals surface area contributed by atoms with E-state index in [9.17, 15) is 0 Å². The van der Waals surface area contributed by atoms with E-state index in [-0.39, 0.29) is 0 Å². The Morgan fingerprint density at radius 2 is 2.15 bits per heavy atom. The molecule has 0 aliphatic heterocycles. The Morgan fingerprint density at radius 1 is 1.35 bits per heavy atom. The van der Waals surface area contributed by atoms with Crippen molar-refractivity contribution in [1.29, 1.82) is 0 Å². The molecule has 6 nitrogen and oxygen atoms in total. The molecule has 2 rings (SSSR count). The van der Waals surface area contributed by atoms with Crippen molar-refractivity contribution >= 4 is 17.6 Å². The van der Waals surface area contributed by atoms with Crippen LogP contribution < -0.4 is 10.1 Å². The average Bonchev–Trinajstić information content (AvgIpc) is 2.80. The average molecular weight is 293 g/mol. The number of ether oxygens (including phenoxy) is 1. The van der Waals surface area contributed by atoms with Crippen molar-refractivity contribution in [3.8, 4) is 5.88 Å². The van der Waals surface area contributed by atoms with Crippen LogP contribution >= 0.6 is 11.8 Å². The largest absolute Gasteiger partial charge is 0.481 e. The predicted molar refractivity (Wildman–Crippen MR) is 80.3 cm³/mol. The van der Waals surface area contributed by atoms with Crippen LogP contribution in [0.3, 0.4) is 0 Å². The zero-order valence-electron chi connectivity index (χ0n) is 12.2. The van der Waals surface area contributed by atoms with Gasteiger partial charge in [-0.25, -0.2) is 4.68 Å². The molecule has 0 aliphatic carbocycles. The molecule has 0 atom stereocenters. The third kappa shape index (κ3) is 3.04. The maximum absolute atomic E-state index is 5.40. The highest BCUT2D eigenvalue weighted by Crippen LogP contribution is 2.23. The van der Waals surface area contributed by atoms with Gasteiger partial charge in [-0.2, -0.15) is 5.10 Å². The van der Waals surface area contributed by atoms with Crippen LogP contribution in [0.4, 0.5) is 5.82 Å². The van der Waals surface area contributed by atoms with Crippen LogP contribution in [-0.2, 0) is 20.0 Å². The van der Waals surface area contributed by atoms with Crippen molar-refractivity contribution in [2.45, 2.75) is 24.9 Å². The highest BCUT2D eigenvalue weighted by atomic mass is 32.2. The van der Waals surface area contributed by atoms with Gasteiger partial charge in [0.1, 0.15) is 10.8 Å². The minimum Gasteiger partial charge on any atom is -0.481 e. The molecule has 2 heterocycles. The Morgan fingerprint density at radius 3 is 2.70 bits per heavy atom. The highest BCUT2D eigenvalue weighted by Gasteiger charge is 2.15. The topological polar surface area (TPSA) is 64.9 Å². The summed E-state index contributed by atoms with van der Waals surface area (Å²) in [5.41, 5.74) is 2.10. The summed E-state index contributed by atoms with van der Waals surface area (Å²) in [6.45, 7) is 2.70. The van der Waals surface area contributed by atoms with E-state index in [0.717, 1.165) is 34.4 Å². The summed E-state index contributed by atoms with van der Waals surface area (Å²) in [7, 11) is 3.54. The lowest BCUT2D eigenvalue weighted by Gasteiger charge is -2.07. The summed E-state index contributed by atoms with van der Waals surface area (Å²) in [5, 5.41) is 16.8. The smallest absolute Gasteiger partial charge is 0.216 e. The molecular formula is C13H19N5OS. The first-order valence-electron chi connectivity index (χ1n) is 6.39. The van der Waals surface area contributed by atoms with Gasteiger partial charge in [-0.1, -0.05) is 6.92 Å². The summed E-state index contributed by atoms with van der Waals surface area (Å²) >= 11 is 1.57. The summed E-state index contributed by atoms with van der Waals surface area (Å²) in [6.07, 6.45) is 2.84. The van der Waals surface area contributed by atoms with Crippen LogP contribution in [-0.4, -0.2) is 33.3 Å². The molecule has 7 heteroatoms. The lowest BCUT2D eigenvalue weighted by molar-refractivity contribution is 0.369. The third-order valence-corrected chi connectivity index (χ3v) is 3.63. The molecule has 0 bridgehead atoms. The van der Waals surface area contributed by atoms with Crippen molar-refractivity contribution in [3.63, 3.8) is 0 Å². The Hall–Kier alpha value is -1.76. The molecule has 0 radical (unpaired) electrons. The molecule has 0 fully saturated rings. The van der Waals surface area contributed by atoms with Gasteiger partial charge in [-0.05, 0) is 24.8 Å². The molecule has 1 N–H and O–H groups in total. The number of thioether (sulfide) groups is 1. The maximum atomic E-state index is 5.40. The number of rotatable bonds is 6. The summed E-state index contributed by atoms with van der Waals surface area (Å²) in [4.78, 5) is 0. The molecule has 2 aromatic heterocycles. The minimum atomic E-state index is 0.619. The van der Waals surface area contributed by atoms with Crippen molar-refractivity contribution in [1.82, 2.24) is 20.0 Å². The van der Waals surface area contributed by atoms with E-state index >= 15 is 0 Å². The van der Waals surface area contributed by atoms with Gasteiger partial charge in [0.15, 0.2) is 0 Å². The second kappa shape index (κ2) is 6.60. The van der Waals surface area contributed by atoms with Crippen LogP contribution in [0.5, 0.6) is 5.88 Å². The number of nitrogens with one attached hydrogen (secondary N) is 1. The first kappa shape index (κ1) is 14.6. The maximum Gasteiger partial charge on any atom is 0.216 e. The highest BCUT2D eigenvalue weighted by molar-refractivity contribution is 7.98. The predicted octanol–water partition coefficient (Wildman–Crippen LogP) is 2.12. The van der Waals surface area contributed by atoms with Gasteiger partial charge in [0.2, 0.25) is 5.88 Å². The Balaban J connectivity index is 2.13. The quantitative estimate of drug-likeness (QED) is 0.823. The number of anilines is 1. The standard InChI is InChI=1S/C13H19N5OS/c1-5-10-9(13(19-3)18(2)17-10)8-14-11-6-7-12(20-4)16-15-11/h6-7H,5,8H2,1-4H3,(H,14,15). The first-order chi connectivity index (χ1) is 9.69. The van der Waals surface area contributed by atoms with Crippen molar-refractivity contribution in [3.05, 3.63) is 23.4 Å². The van der Waals surface area contributed by atoms with Crippen LogP contribution in [0.15, 0.2) is 17.2 Å². The van der Waals surface area contributed by atoms with Crippen LogP contribution in [0.25, 0.3) is 0 Å². The number of hydrogen-bond donors (Lipinski definition) is 1. The van der Waals surface area contributed by atoms with E-state index in [1.807, 2.05) is 25.4 Å². The molecule has 0 aromatic carbocycles. The van der Waals surface area contributed by atoms with Gasteiger partial charge in [0.25, 0.3) is 0 Å². The molecule has 20 heavy (non-hydrogen) atoms. The molecule has 0 unspecified atom stereocenters. The van der Waals surface area contributed by atoms with E-state index in [2.05, 4.69) is 27.5 Å². The Bertz CT molecular complexity index is 567. The number of aromatic nitrogens is 4. The van der Waals surface area contributed by atoms with Crippen LogP contribution in [0, 0.1) is 0 Å². The van der Waals surface area contributed by atoms with Crippen molar-refractivity contribution in [2.24, 2.45) is 7.05 Å². The number of hydrogen-bond acceptors (Lipinski definition) is 6. The second-order valence-electron chi connectivity index (χ2n) is 4.23. The van der Waals surface area contributed by atoms with E-state index in [1.54, 1.807) is 23.6 Å². The zero-order chi connectivity index (χ0) is 14.5. The van der Waals surface area contributed by atoms with Gasteiger partial charge in [-0.15, -0.1) is 22.0 Å². The Labute approximate surface area is 122 Å². The summed E-state index contributed by atoms with van der Waals surface area (Å²) in [6, 6.07) is 3.87. The number of methoxy groups -OCH3 is 1. The van der Waals surface area contributed by atoms with Crippen LogP contribution in [0.2, 0.25) is 0 Å². The molecule has 0 saturated heterocycles. The normalized spacial score (nSPS) is 10.6. The van der Waals surface area contributed by atoms with E-state index in [1.165, 1.54) is 0 Å². The van der Waals surface area contributed by atoms with E-state index < -0.39 is 0 Å². The van der Waals surface area contributed by atoms with Crippen molar-refractivity contribution in [2.75, 3.05) is 18.7 Å².